The molecule has 0 radical (unpaired) electrons. The number of aromatic nitrogens is 4. The molecule has 0 spiro atoms. The number of ether oxygens (including phenoxy) is 3. The summed E-state index contributed by atoms with van der Waals surface area (Å²) in [6, 6.07) is 17.7. The topological polar surface area (TPSA) is 112 Å². The van der Waals surface area contributed by atoms with Crippen molar-refractivity contribution in [2.45, 2.75) is 13.0 Å². The highest BCUT2D eigenvalue weighted by Gasteiger charge is 2.35. The van der Waals surface area contributed by atoms with E-state index in [0.29, 0.717) is 51.7 Å². The molecule has 1 unspecified atom stereocenters. The third kappa shape index (κ3) is 4.44. The van der Waals surface area contributed by atoms with Gasteiger partial charge >= 0.3 is 0 Å². The molecule has 2 aromatic carbocycles. The molecule has 2 aromatic heterocycles. The monoisotopic (exact) mass is 498 g/mol. The van der Waals surface area contributed by atoms with E-state index in [9.17, 15) is 4.79 Å². The maximum Gasteiger partial charge on any atom is 0.256 e. The summed E-state index contributed by atoms with van der Waals surface area (Å²) in [6.07, 6.45) is 1.69. The Bertz CT molecular complexity index is 1480. The Morgan fingerprint density at radius 3 is 2.43 bits per heavy atom. The van der Waals surface area contributed by atoms with E-state index in [1.165, 1.54) is 0 Å². The summed E-state index contributed by atoms with van der Waals surface area (Å²) >= 11 is 0. The number of fused-ring (bicyclic) bond motifs is 1. The molecule has 5 rings (SSSR count). The molecule has 3 heterocycles. The number of allylic oxidation sites excluding steroid dienone is 1. The smallest absolute Gasteiger partial charge is 0.256 e. The third-order valence-electron chi connectivity index (χ3n) is 6.06. The van der Waals surface area contributed by atoms with E-state index in [-0.39, 0.29) is 5.91 Å². The SMILES string of the molecule is COc1ccccc1NC(=O)C1=C(C)Nc2nc(-c3ccc(OC)c(OC)c3)nn2C1c1ccccn1. The van der Waals surface area contributed by atoms with Gasteiger partial charge in [-0.25, -0.2) is 4.68 Å². The van der Waals surface area contributed by atoms with Crippen molar-refractivity contribution in [2.75, 3.05) is 32.0 Å². The van der Waals surface area contributed by atoms with Crippen molar-refractivity contribution in [3.05, 3.63) is 83.8 Å². The van der Waals surface area contributed by atoms with Gasteiger partial charge in [0.25, 0.3) is 5.91 Å². The van der Waals surface area contributed by atoms with Gasteiger partial charge in [-0.05, 0) is 49.4 Å². The van der Waals surface area contributed by atoms with Crippen molar-refractivity contribution < 1.29 is 19.0 Å². The number of carbonyl (C=O) groups excluding carboxylic acids is 1. The first-order chi connectivity index (χ1) is 18.0. The molecule has 0 saturated heterocycles. The molecule has 1 atom stereocenters. The Kier molecular flexibility index (Phi) is 6.46. The first kappa shape index (κ1) is 23.9. The van der Waals surface area contributed by atoms with Crippen molar-refractivity contribution in [3.63, 3.8) is 0 Å². The van der Waals surface area contributed by atoms with Crippen molar-refractivity contribution >= 4 is 17.5 Å². The molecule has 188 valence electrons. The lowest BCUT2D eigenvalue weighted by atomic mass is 9.98. The lowest BCUT2D eigenvalue weighted by Gasteiger charge is -2.28. The van der Waals surface area contributed by atoms with Crippen LogP contribution in [0.25, 0.3) is 11.4 Å². The number of anilines is 2. The number of amides is 1. The number of rotatable bonds is 7. The van der Waals surface area contributed by atoms with Crippen molar-refractivity contribution in [1.29, 1.82) is 0 Å². The molecule has 0 fully saturated rings. The van der Waals surface area contributed by atoms with Gasteiger partial charge in [0.2, 0.25) is 5.95 Å². The van der Waals surface area contributed by atoms with Crippen LogP contribution in [0.15, 0.2) is 78.1 Å². The molecular weight excluding hydrogens is 472 g/mol. The van der Waals surface area contributed by atoms with Crippen LogP contribution in [0.4, 0.5) is 11.6 Å². The number of nitrogens with zero attached hydrogens (tertiary/aromatic N) is 4. The number of methoxy groups -OCH3 is 3. The second kappa shape index (κ2) is 10.0. The van der Waals surface area contributed by atoms with Crippen molar-refractivity contribution in [1.82, 2.24) is 19.7 Å². The van der Waals surface area contributed by atoms with Crippen LogP contribution in [0, 0.1) is 0 Å². The van der Waals surface area contributed by atoms with Gasteiger partial charge in [0.05, 0.1) is 38.3 Å². The summed E-state index contributed by atoms with van der Waals surface area (Å²) in [5.41, 5.74) is 3.05. The molecule has 37 heavy (non-hydrogen) atoms. The summed E-state index contributed by atoms with van der Waals surface area (Å²) < 4.78 is 17.9. The standard InChI is InChI=1S/C27H26N6O4/c1-16-23(26(34)30-18-9-5-6-11-20(18)35-2)24(19-10-7-8-14-28-19)33-27(29-16)31-25(32-33)17-12-13-21(36-3)22(15-17)37-4/h5-15,24H,1-4H3,(H,30,34)(H,29,31,32). The van der Waals surface area contributed by atoms with Crippen molar-refractivity contribution in [3.8, 4) is 28.6 Å². The van der Waals surface area contributed by atoms with Crippen molar-refractivity contribution in [2.24, 2.45) is 0 Å². The Hall–Kier alpha value is -4.86. The van der Waals surface area contributed by atoms with E-state index >= 15 is 0 Å². The zero-order valence-electron chi connectivity index (χ0n) is 20.9. The molecule has 2 N–H and O–H groups in total. The van der Waals surface area contributed by atoms with E-state index < -0.39 is 6.04 Å². The number of carbonyl (C=O) groups is 1. The molecule has 1 aliphatic heterocycles. The fourth-order valence-electron chi connectivity index (χ4n) is 4.29. The zero-order valence-corrected chi connectivity index (χ0v) is 20.9. The highest BCUT2D eigenvalue weighted by Crippen LogP contribution is 2.38. The first-order valence-electron chi connectivity index (χ1n) is 11.6. The fraction of sp³-hybridized carbons (Fsp3) is 0.185. The summed E-state index contributed by atoms with van der Waals surface area (Å²) in [6.45, 7) is 1.83. The quantitative estimate of drug-likeness (QED) is 0.388. The minimum atomic E-state index is -0.617. The molecule has 10 nitrogen and oxygen atoms in total. The Morgan fingerprint density at radius 2 is 1.70 bits per heavy atom. The Morgan fingerprint density at radius 1 is 0.946 bits per heavy atom. The van der Waals surface area contributed by atoms with Crippen LogP contribution in [-0.2, 0) is 4.79 Å². The maximum absolute atomic E-state index is 13.7. The van der Waals surface area contributed by atoms with Crippen LogP contribution < -0.4 is 24.8 Å². The zero-order chi connectivity index (χ0) is 25.9. The molecule has 0 bridgehead atoms. The predicted octanol–water partition coefficient (Wildman–Crippen LogP) is 4.29. The van der Waals surface area contributed by atoms with Gasteiger partial charge in [-0.1, -0.05) is 18.2 Å². The summed E-state index contributed by atoms with van der Waals surface area (Å²) in [5.74, 6) is 2.37. The number of pyridine rings is 1. The second-order valence-corrected chi connectivity index (χ2v) is 8.25. The summed E-state index contributed by atoms with van der Waals surface area (Å²) in [4.78, 5) is 22.9. The normalized spacial score (nSPS) is 14.4. The minimum absolute atomic E-state index is 0.307. The molecule has 4 aromatic rings. The average molecular weight is 499 g/mol. The second-order valence-electron chi connectivity index (χ2n) is 8.25. The van der Waals surface area contributed by atoms with Gasteiger partial charge < -0.3 is 24.8 Å². The highest BCUT2D eigenvalue weighted by atomic mass is 16.5. The van der Waals surface area contributed by atoms with Gasteiger partial charge in [-0.3, -0.25) is 9.78 Å². The number of para-hydroxylation sites is 2. The minimum Gasteiger partial charge on any atom is -0.495 e. The van der Waals surface area contributed by atoms with Gasteiger partial charge in [0, 0.05) is 17.5 Å². The fourth-order valence-corrected chi connectivity index (χ4v) is 4.29. The predicted molar refractivity (Wildman–Crippen MR) is 139 cm³/mol. The van der Waals surface area contributed by atoms with Crippen LogP contribution in [0.3, 0.4) is 0 Å². The van der Waals surface area contributed by atoms with Gasteiger partial charge in [0.1, 0.15) is 11.8 Å². The first-order valence-corrected chi connectivity index (χ1v) is 11.6. The molecule has 10 heteroatoms. The van der Waals surface area contributed by atoms with E-state index in [1.54, 1.807) is 50.4 Å². The summed E-state index contributed by atoms with van der Waals surface area (Å²) in [5, 5.41) is 11.0. The lowest BCUT2D eigenvalue weighted by molar-refractivity contribution is -0.113. The van der Waals surface area contributed by atoms with E-state index in [4.69, 9.17) is 24.3 Å². The van der Waals surface area contributed by atoms with Gasteiger partial charge in [-0.15, -0.1) is 5.10 Å². The van der Waals surface area contributed by atoms with E-state index in [2.05, 4.69) is 15.6 Å². The third-order valence-corrected chi connectivity index (χ3v) is 6.06. The number of nitrogens with one attached hydrogen (secondary N) is 2. The van der Waals surface area contributed by atoms with Crippen LogP contribution in [0.2, 0.25) is 0 Å². The maximum atomic E-state index is 13.7. The largest absolute Gasteiger partial charge is 0.495 e. The van der Waals surface area contributed by atoms with Crippen LogP contribution in [0.5, 0.6) is 17.2 Å². The van der Waals surface area contributed by atoms with Crippen LogP contribution >= 0.6 is 0 Å². The van der Waals surface area contributed by atoms with Gasteiger partial charge in [-0.2, -0.15) is 4.98 Å². The number of benzene rings is 2. The Labute approximate surface area is 213 Å². The average Bonchev–Trinajstić information content (AvgIpc) is 3.36. The van der Waals surface area contributed by atoms with Crippen LogP contribution in [0.1, 0.15) is 18.7 Å². The number of hydrogen-bond donors (Lipinski definition) is 2. The molecule has 0 saturated carbocycles. The van der Waals surface area contributed by atoms with Gasteiger partial charge in [0.15, 0.2) is 17.3 Å². The van der Waals surface area contributed by atoms with Crippen LogP contribution in [-0.4, -0.2) is 47.0 Å². The molecule has 1 aliphatic rings. The molecular formula is C27H26N6O4. The number of hydrogen-bond acceptors (Lipinski definition) is 8. The highest BCUT2D eigenvalue weighted by molar-refractivity contribution is 6.06. The molecule has 1 amide bonds. The Balaban J connectivity index is 1.58. The summed E-state index contributed by atoms with van der Waals surface area (Å²) in [7, 11) is 4.72. The van der Waals surface area contributed by atoms with E-state index in [0.717, 1.165) is 5.56 Å². The van der Waals surface area contributed by atoms with E-state index in [1.807, 2.05) is 49.4 Å². The molecule has 0 aliphatic carbocycles. The lowest BCUT2D eigenvalue weighted by Crippen LogP contribution is -2.32.